The Labute approximate surface area is 232 Å². The van der Waals surface area contributed by atoms with Crippen LogP contribution in [0.25, 0.3) is 0 Å². The SMILES string of the molecule is COc1cc(CN(Cc2ccccn2)C(=O)c2ccc(N3CCCC3=O)cc2)ccc1OCCc1cccs1. The summed E-state index contributed by atoms with van der Waals surface area (Å²) in [7, 11) is 1.62. The van der Waals surface area contributed by atoms with E-state index in [0.29, 0.717) is 49.7 Å². The summed E-state index contributed by atoms with van der Waals surface area (Å²) in [5, 5.41) is 2.06. The molecule has 0 atom stereocenters. The Balaban J connectivity index is 1.32. The summed E-state index contributed by atoms with van der Waals surface area (Å²) in [6.45, 7) is 1.99. The molecule has 2 amide bonds. The normalized spacial score (nSPS) is 12.9. The number of methoxy groups -OCH3 is 1. The third-order valence-electron chi connectivity index (χ3n) is 6.65. The van der Waals surface area contributed by atoms with Gasteiger partial charge < -0.3 is 19.3 Å². The van der Waals surface area contributed by atoms with Crippen LogP contribution in [0.4, 0.5) is 5.69 Å². The van der Waals surface area contributed by atoms with Crippen molar-refractivity contribution < 1.29 is 19.1 Å². The fraction of sp³-hybridized carbons (Fsp3) is 0.258. The van der Waals surface area contributed by atoms with Crippen LogP contribution in [0.5, 0.6) is 11.5 Å². The van der Waals surface area contributed by atoms with Gasteiger partial charge in [-0.25, -0.2) is 0 Å². The van der Waals surface area contributed by atoms with Crippen molar-refractivity contribution in [2.24, 2.45) is 0 Å². The molecule has 0 bridgehead atoms. The van der Waals surface area contributed by atoms with E-state index in [2.05, 4.69) is 16.4 Å². The average Bonchev–Trinajstić information content (AvgIpc) is 3.65. The molecule has 1 fully saturated rings. The number of hydrogen-bond donors (Lipinski definition) is 0. The molecular weight excluding hydrogens is 510 g/mol. The molecule has 0 aliphatic carbocycles. The summed E-state index contributed by atoms with van der Waals surface area (Å²) >= 11 is 1.71. The second-order valence-electron chi connectivity index (χ2n) is 9.34. The molecule has 1 saturated heterocycles. The van der Waals surface area contributed by atoms with Gasteiger partial charge in [-0.3, -0.25) is 14.6 Å². The lowest BCUT2D eigenvalue weighted by Crippen LogP contribution is -2.30. The maximum Gasteiger partial charge on any atom is 0.254 e. The predicted octanol–water partition coefficient (Wildman–Crippen LogP) is 5.74. The Bertz CT molecular complexity index is 1390. The zero-order chi connectivity index (χ0) is 27.0. The van der Waals surface area contributed by atoms with Crippen molar-refractivity contribution in [1.29, 1.82) is 0 Å². The number of ether oxygens (including phenoxy) is 2. The third-order valence-corrected chi connectivity index (χ3v) is 7.59. The number of thiophene rings is 1. The maximum absolute atomic E-state index is 13.7. The van der Waals surface area contributed by atoms with Crippen molar-refractivity contribution in [1.82, 2.24) is 9.88 Å². The third kappa shape index (κ3) is 6.64. The average molecular weight is 542 g/mol. The van der Waals surface area contributed by atoms with E-state index >= 15 is 0 Å². The van der Waals surface area contributed by atoms with Crippen molar-refractivity contribution in [2.45, 2.75) is 32.4 Å². The fourth-order valence-electron chi connectivity index (χ4n) is 4.64. The van der Waals surface area contributed by atoms with E-state index in [1.165, 1.54) is 4.88 Å². The molecule has 2 aromatic heterocycles. The molecule has 1 aliphatic rings. The van der Waals surface area contributed by atoms with Crippen molar-refractivity contribution in [2.75, 3.05) is 25.2 Å². The zero-order valence-corrected chi connectivity index (χ0v) is 22.7. The topological polar surface area (TPSA) is 72.0 Å². The highest BCUT2D eigenvalue weighted by atomic mass is 32.1. The number of benzene rings is 2. The number of hydrogen-bond acceptors (Lipinski definition) is 6. The second-order valence-corrected chi connectivity index (χ2v) is 10.4. The van der Waals surface area contributed by atoms with E-state index in [1.807, 2.05) is 54.6 Å². The quantitative estimate of drug-likeness (QED) is 0.242. The molecule has 0 radical (unpaired) electrons. The number of amides is 2. The Kier molecular flexibility index (Phi) is 8.53. The van der Waals surface area contributed by atoms with Gasteiger partial charge in [0.15, 0.2) is 11.5 Å². The molecular formula is C31H31N3O4S. The lowest BCUT2D eigenvalue weighted by Gasteiger charge is -2.24. The van der Waals surface area contributed by atoms with Gasteiger partial charge in [-0.1, -0.05) is 18.2 Å². The van der Waals surface area contributed by atoms with Gasteiger partial charge >= 0.3 is 0 Å². The number of carbonyl (C=O) groups is 2. The van der Waals surface area contributed by atoms with Gasteiger partial charge in [0.1, 0.15) is 0 Å². The molecule has 0 N–H and O–H groups in total. The first-order chi connectivity index (χ1) is 19.1. The molecule has 4 aromatic rings. The summed E-state index contributed by atoms with van der Waals surface area (Å²) in [5.74, 6) is 1.31. The van der Waals surface area contributed by atoms with Crippen LogP contribution < -0.4 is 14.4 Å². The summed E-state index contributed by atoms with van der Waals surface area (Å²) in [4.78, 5) is 35.1. The molecule has 2 aromatic carbocycles. The van der Waals surface area contributed by atoms with Gasteiger partial charge in [-0.05, 0) is 72.0 Å². The Morgan fingerprint density at radius 2 is 1.90 bits per heavy atom. The molecule has 5 rings (SSSR count). The van der Waals surface area contributed by atoms with Crippen LogP contribution in [-0.2, 0) is 24.3 Å². The molecule has 1 aliphatic heterocycles. The van der Waals surface area contributed by atoms with Crippen LogP contribution in [0, 0.1) is 0 Å². The van der Waals surface area contributed by atoms with Crippen molar-refractivity contribution in [3.8, 4) is 11.5 Å². The van der Waals surface area contributed by atoms with Crippen LogP contribution in [0.15, 0.2) is 84.4 Å². The van der Waals surface area contributed by atoms with E-state index in [1.54, 1.807) is 46.6 Å². The minimum Gasteiger partial charge on any atom is -0.493 e. The van der Waals surface area contributed by atoms with E-state index in [0.717, 1.165) is 29.8 Å². The first-order valence-electron chi connectivity index (χ1n) is 13.0. The van der Waals surface area contributed by atoms with Crippen LogP contribution in [0.1, 0.15) is 39.3 Å². The van der Waals surface area contributed by atoms with Crippen LogP contribution in [0.2, 0.25) is 0 Å². The van der Waals surface area contributed by atoms with Gasteiger partial charge in [-0.15, -0.1) is 11.3 Å². The minimum absolute atomic E-state index is 0.116. The molecule has 7 nitrogen and oxygen atoms in total. The maximum atomic E-state index is 13.7. The Morgan fingerprint density at radius 3 is 2.59 bits per heavy atom. The number of aromatic nitrogens is 1. The number of pyridine rings is 1. The molecule has 0 spiro atoms. The van der Waals surface area contributed by atoms with E-state index < -0.39 is 0 Å². The minimum atomic E-state index is -0.116. The van der Waals surface area contributed by atoms with Gasteiger partial charge in [0.05, 0.1) is 26.0 Å². The van der Waals surface area contributed by atoms with Crippen molar-refractivity contribution in [3.63, 3.8) is 0 Å². The number of anilines is 1. The first kappa shape index (κ1) is 26.4. The van der Waals surface area contributed by atoms with Crippen LogP contribution in [0.3, 0.4) is 0 Å². The van der Waals surface area contributed by atoms with Gasteiger partial charge in [0, 0.05) is 48.3 Å². The molecule has 8 heteroatoms. The second kappa shape index (κ2) is 12.6. The summed E-state index contributed by atoms with van der Waals surface area (Å²) in [6.07, 6.45) is 3.99. The van der Waals surface area contributed by atoms with Gasteiger partial charge in [-0.2, -0.15) is 0 Å². The molecule has 0 saturated carbocycles. The van der Waals surface area contributed by atoms with Crippen molar-refractivity contribution >= 4 is 28.8 Å². The van der Waals surface area contributed by atoms with Crippen LogP contribution in [-0.4, -0.2) is 42.0 Å². The Morgan fingerprint density at radius 1 is 1.03 bits per heavy atom. The highest BCUT2D eigenvalue weighted by molar-refractivity contribution is 7.09. The lowest BCUT2D eigenvalue weighted by molar-refractivity contribution is -0.117. The van der Waals surface area contributed by atoms with Crippen molar-refractivity contribution in [3.05, 3.63) is 106 Å². The highest BCUT2D eigenvalue weighted by Gasteiger charge is 2.23. The van der Waals surface area contributed by atoms with E-state index in [9.17, 15) is 9.59 Å². The summed E-state index contributed by atoms with van der Waals surface area (Å²) in [5.41, 5.74) is 3.10. The van der Waals surface area contributed by atoms with E-state index in [-0.39, 0.29) is 11.8 Å². The monoisotopic (exact) mass is 541 g/mol. The standard InChI is InChI=1S/C31H31N3O4S/c1-37-29-20-23(9-14-28(29)38-18-15-27-7-5-19-39-27)21-33(22-25-6-2-3-16-32-25)31(36)24-10-12-26(13-11-24)34-17-4-8-30(34)35/h2-3,5-7,9-14,16,19-20H,4,8,15,17-18,21-22H2,1H3. The summed E-state index contributed by atoms with van der Waals surface area (Å²) in [6, 6.07) is 22.9. The highest BCUT2D eigenvalue weighted by Crippen LogP contribution is 2.30. The smallest absolute Gasteiger partial charge is 0.254 e. The van der Waals surface area contributed by atoms with Gasteiger partial charge in [0.2, 0.25) is 5.91 Å². The Hall–Kier alpha value is -4.17. The number of nitrogens with zero attached hydrogens (tertiary/aromatic N) is 3. The number of rotatable bonds is 11. The predicted molar refractivity (Wildman–Crippen MR) is 152 cm³/mol. The van der Waals surface area contributed by atoms with Crippen LogP contribution >= 0.6 is 11.3 Å². The molecule has 39 heavy (non-hydrogen) atoms. The fourth-order valence-corrected chi connectivity index (χ4v) is 5.33. The molecule has 0 unspecified atom stereocenters. The van der Waals surface area contributed by atoms with E-state index in [4.69, 9.17) is 9.47 Å². The largest absolute Gasteiger partial charge is 0.493 e. The first-order valence-corrected chi connectivity index (χ1v) is 13.9. The lowest BCUT2D eigenvalue weighted by atomic mass is 10.1. The molecule has 200 valence electrons. The zero-order valence-electron chi connectivity index (χ0n) is 21.9. The molecule has 3 heterocycles. The summed E-state index contributed by atoms with van der Waals surface area (Å²) < 4.78 is 11.6. The number of carbonyl (C=O) groups excluding carboxylic acids is 2. The van der Waals surface area contributed by atoms with Gasteiger partial charge in [0.25, 0.3) is 5.91 Å².